The third kappa shape index (κ3) is 5.12. The van der Waals surface area contributed by atoms with Crippen LogP contribution >= 0.6 is 11.3 Å². The molecule has 1 saturated heterocycles. The average molecular weight is 475 g/mol. The molecule has 3 heterocycles. The summed E-state index contributed by atoms with van der Waals surface area (Å²) < 4.78 is 6.06. The van der Waals surface area contributed by atoms with Gasteiger partial charge in [0.2, 0.25) is 11.7 Å². The van der Waals surface area contributed by atoms with Crippen molar-refractivity contribution in [3.05, 3.63) is 40.6 Å². The third-order valence-electron chi connectivity index (χ3n) is 5.44. The molecule has 0 spiro atoms. The standard InChI is InChI=1S/C22H26N4O6S/c1-20(2)8-12(9-21(3,4)32-20)16(27)26-19-23-10-15(33-19)11-5-6-13-14(7-11)24-18(22(29,30)31)25-17(13)28/h5-7,10,12,29-31H,8-9H2,1-4H3,(H,23,26,27)(H,24,25,28). The number of carbonyl (C=O) groups excluding carboxylic acids is 1. The van der Waals surface area contributed by atoms with E-state index in [2.05, 4.69) is 20.3 Å². The van der Waals surface area contributed by atoms with Crippen LogP contribution in [0.4, 0.5) is 5.13 Å². The minimum absolute atomic E-state index is 0.109. The Balaban J connectivity index is 1.57. The summed E-state index contributed by atoms with van der Waals surface area (Å²) in [7, 11) is 0. The number of carbonyl (C=O) groups is 1. The van der Waals surface area contributed by atoms with Crippen LogP contribution in [0.3, 0.4) is 0 Å². The summed E-state index contributed by atoms with van der Waals surface area (Å²) in [5.74, 6) is -4.26. The van der Waals surface area contributed by atoms with Crippen LogP contribution in [0.1, 0.15) is 46.4 Å². The van der Waals surface area contributed by atoms with Gasteiger partial charge in [0.15, 0.2) is 5.13 Å². The van der Waals surface area contributed by atoms with Gasteiger partial charge >= 0.3 is 5.97 Å². The summed E-state index contributed by atoms with van der Waals surface area (Å²) in [6, 6.07) is 4.81. The van der Waals surface area contributed by atoms with E-state index in [0.29, 0.717) is 28.4 Å². The van der Waals surface area contributed by atoms with Gasteiger partial charge in [-0.25, -0.2) is 9.97 Å². The van der Waals surface area contributed by atoms with Crippen molar-refractivity contribution in [2.45, 2.75) is 57.7 Å². The van der Waals surface area contributed by atoms with Crippen LogP contribution in [0.15, 0.2) is 29.2 Å². The molecule has 176 valence electrons. The SMILES string of the molecule is CC1(C)CC(C(=O)Nc2ncc(-c3ccc4c(=O)[nH]c(C(O)(O)O)nc4c3)s2)CC(C)(C)O1. The van der Waals surface area contributed by atoms with Crippen molar-refractivity contribution in [2.24, 2.45) is 5.92 Å². The number of nitrogens with one attached hydrogen (secondary N) is 2. The zero-order valence-corrected chi connectivity index (χ0v) is 19.5. The largest absolute Gasteiger partial charge is 0.370 e. The number of H-pyrrole nitrogens is 1. The van der Waals surface area contributed by atoms with Gasteiger partial charge in [-0.2, -0.15) is 0 Å². The molecule has 0 aliphatic carbocycles. The van der Waals surface area contributed by atoms with Crippen molar-refractivity contribution in [1.82, 2.24) is 15.0 Å². The summed E-state index contributed by atoms with van der Waals surface area (Å²) in [5, 5.41) is 31.6. The molecular weight excluding hydrogens is 448 g/mol. The molecule has 33 heavy (non-hydrogen) atoms. The Morgan fingerprint density at radius 2 is 1.88 bits per heavy atom. The molecule has 1 amide bonds. The number of fused-ring (bicyclic) bond motifs is 1. The molecular formula is C22H26N4O6S. The fourth-order valence-electron chi connectivity index (χ4n) is 4.40. The quantitative estimate of drug-likeness (QED) is 0.360. The fraction of sp³-hybridized carbons (Fsp3) is 0.455. The van der Waals surface area contributed by atoms with Crippen molar-refractivity contribution < 1.29 is 24.9 Å². The smallest absolute Gasteiger partial charge is 0.338 e. The lowest BCUT2D eigenvalue weighted by Gasteiger charge is -2.44. The average Bonchev–Trinajstić information content (AvgIpc) is 3.13. The molecule has 1 aromatic carbocycles. The van der Waals surface area contributed by atoms with E-state index in [9.17, 15) is 24.9 Å². The zero-order chi connectivity index (χ0) is 24.2. The van der Waals surface area contributed by atoms with E-state index in [1.165, 1.54) is 17.4 Å². The van der Waals surface area contributed by atoms with Crippen LogP contribution in [0.5, 0.6) is 0 Å². The number of rotatable bonds is 4. The Hall–Kier alpha value is -2.70. The normalized spacial score (nSPS) is 18.4. The number of thiazole rings is 1. The number of aromatic amines is 1. The number of ether oxygens (including phenoxy) is 1. The van der Waals surface area contributed by atoms with E-state index >= 15 is 0 Å². The summed E-state index contributed by atoms with van der Waals surface area (Å²) >= 11 is 1.26. The number of anilines is 1. The molecule has 0 atom stereocenters. The number of aromatic nitrogens is 3. The van der Waals surface area contributed by atoms with Gasteiger partial charge in [0.25, 0.3) is 5.56 Å². The molecule has 0 radical (unpaired) electrons. The number of benzene rings is 1. The molecule has 2 aromatic heterocycles. The van der Waals surface area contributed by atoms with E-state index in [0.717, 1.165) is 0 Å². The summed E-state index contributed by atoms with van der Waals surface area (Å²) in [4.78, 5) is 36.2. The number of hydrogen-bond donors (Lipinski definition) is 5. The zero-order valence-electron chi connectivity index (χ0n) is 18.7. The molecule has 3 aromatic rings. The maximum Gasteiger partial charge on any atom is 0.338 e. The van der Waals surface area contributed by atoms with Crippen LogP contribution in [0.2, 0.25) is 0 Å². The van der Waals surface area contributed by atoms with Gasteiger partial charge in [0.05, 0.1) is 27.0 Å². The summed E-state index contributed by atoms with van der Waals surface area (Å²) in [6.07, 6.45) is 2.81. The van der Waals surface area contributed by atoms with Crippen molar-refractivity contribution in [3.8, 4) is 10.4 Å². The first-order valence-electron chi connectivity index (χ1n) is 10.4. The van der Waals surface area contributed by atoms with Gasteiger partial charge < -0.3 is 30.4 Å². The van der Waals surface area contributed by atoms with Crippen molar-refractivity contribution >= 4 is 33.3 Å². The molecule has 10 nitrogen and oxygen atoms in total. The van der Waals surface area contributed by atoms with Crippen LogP contribution < -0.4 is 10.9 Å². The van der Waals surface area contributed by atoms with Gasteiger partial charge in [-0.15, -0.1) is 0 Å². The molecule has 11 heteroatoms. The van der Waals surface area contributed by atoms with Crippen LogP contribution in [-0.4, -0.2) is 47.4 Å². The Kier molecular flexibility index (Phi) is 5.66. The highest BCUT2D eigenvalue weighted by Gasteiger charge is 2.42. The highest BCUT2D eigenvalue weighted by atomic mass is 32.1. The van der Waals surface area contributed by atoms with E-state index in [1.807, 2.05) is 27.7 Å². The predicted molar refractivity (Wildman–Crippen MR) is 122 cm³/mol. The second-order valence-electron chi connectivity index (χ2n) is 9.53. The first kappa shape index (κ1) is 23.5. The van der Waals surface area contributed by atoms with E-state index in [1.54, 1.807) is 18.3 Å². The van der Waals surface area contributed by atoms with Crippen molar-refractivity contribution in [2.75, 3.05) is 5.32 Å². The van der Waals surface area contributed by atoms with E-state index < -0.39 is 28.6 Å². The number of amides is 1. The molecule has 5 N–H and O–H groups in total. The first-order valence-corrected chi connectivity index (χ1v) is 11.2. The molecule has 4 rings (SSSR count). The lowest BCUT2D eigenvalue weighted by molar-refractivity contribution is -0.328. The minimum atomic E-state index is -3.27. The van der Waals surface area contributed by atoms with E-state index in [-0.39, 0.29) is 22.7 Å². The summed E-state index contributed by atoms with van der Waals surface area (Å²) in [6.45, 7) is 7.92. The molecule has 0 saturated carbocycles. The maximum absolute atomic E-state index is 12.9. The van der Waals surface area contributed by atoms with Crippen LogP contribution in [0, 0.1) is 5.92 Å². The molecule has 0 unspecified atom stereocenters. The first-order chi connectivity index (χ1) is 15.2. The Morgan fingerprint density at radius 3 is 2.52 bits per heavy atom. The van der Waals surface area contributed by atoms with Gasteiger partial charge in [-0.1, -0.05) is 17.4 Å². The number of nitrogens with zero attached hydrogens (tertiary/aromatic N) is 2. The van der Waals surface area contributed by atoms with Gasteiger partial charge in [-0.05, 0) is 58.2 Å². The van der Waals surface area contributed by atoms with Gasteiger partial charge in [0, 0.05) is 12.1 Å². The third-order valence-corrected chi connectivity index (χ3v) is 6.41. The fourth-order valence-corrected chi connectivity index (χ4v) is 5.22. The Labute approximate surface area is 193 Å². The second kappa shape index (κ2) is 7.96. The maximum atomic E-state index is 12.9. The summed E-state index contributed by atoms with van der Waals surface area (Å²) in [5.41, 5.74) is -0.595. The molecule has 1 aliphatic heterocycles. The molecule has 0 bridgehead atoms. The van der Waals surface area contributed by atoms with Gasteiger partial charge in [-0.3, -0.25) is 9.59 Å². The Morgan fingerprint density at radius 1 is 1.21 bits per heavy atom. The van der Waals surface area contributed by atoms with Crippen LogP contribution in [-0.2, 0) is 15.5 Å². The lowest BCUT2D eigenvalue weighted by atomic mass is 9.80. The minimum Gasteiger partial charge on any atom is -0.370 e. The van der Waals surface area contributed by atoms with Crippen molar-refractivity contribution in [3.63, 3.8) is 0 Å². The second-order valence-corrected chi connectivity index (χ2v) is 10.6. The number of hydrogen-bond acceptors (Lipinski definition) is 9. The lowest BCUT2D eigenvalue weighted by Crippen LogP contribution is -2.48. The molecule has 1 aliphatic rings. The topological polar surface area (TPSA) is 158 Å². The predicted octanol–water partition coefficient (Wildman–Crippen LogP) is 2.06. The highest BCUT2D eigenvalue weighted by molar-refractivity contribution is 7.19. The van der Waals surface area contributed by atoms with Gasteiger partial charge in [0.1, 0.15) is 0 Å². The number of aliphatic hydroxyl groups is 3. The van der Waals surface area contributed by atoms with Crippen molar-refractivity contribution in [1.29, 1.82) is 0 Å². The van der Waals surface area contributed by atoms with Crippen LogP contribution in [0.25, 0.3) is 21.3 Å². The highest BCUT2D eigenvalue weighted by Crippen LogP contribution is 2.39. The molecule has 1 fully saturated rings. The van der Waals surface area contributed by atoms with E-state index in [4.69, 9.17) is 4.74 Å². The Bertz CT molecular complexity index is 1260. The monoisotopic (exact) mass is 474 g/mol.